The van der Waals surface area contributed by atoms with E-state index in [-0.39, 0.29) is 30.2 Å². The molecule has 0 bridgehead atoms. The smallest absolute Gasteiger partial charge is 0.387 e. The summed E-state index contributed by atoms with van der Waals surface area (Å²) in [7, 11) is 1.32. The van der Waals surface area contributed by atoms with Crippen molar-refractivity contribution in [3.05, 3.63) is 84.3 Å². The van der Waals surface area contributed by atoms with Crippen LogP contribution in [0.25, 0.3) is 6.08 Å². The number of ether oxygens (including phenoxy) is 2. The van der Waals surface area contributed by atoms with Gasteiger partial charge in [0.2, 0.25) is 11.8 Å². The van der Waals surface area contributed by atoms with E-state index in [0.29, 0.717) is 11.4 Å². The molecule has 2 amide bonds. The van der Waals surface area contributed by atoms with Gasteiger partial charge in [-0.15, -0.1) is 0 Å². The lowest BCUT2D eigenvalue weighted by molar-refractivity contribution is -0.131. The molecular formula is C24H22F2N2O5. The Morgan fingerprint density at radius 1 is 1.09 bits per heavy atom. The van der Waals surface area contributed by atoms with Crippen molar-refractivity contribution in [1.82, 2.24) is 4.90 Å². The van der Waals surface area contributed by atoms with Crippen molar-refractivity contribution < 1.29 is 32.3 Å². The lowest BCUT2D eigenvalue weighted by Gasteiger charge is -2.20. The van der Waals surface area contributed by atoms with E-state index in [1.807, 2.05) is 6.07 Å². The number of carbonyl (C=O) groups is 2. The minimum absolute atomic E-state index is 0.0386. The average Bonchev–Trinajstić information content (AvgIpc) is 3.31. The van der Waals surface area contributed by atoms with Gasteiger partial charge >= 0.3 is 6.61 Å². The molecule has 3 aromatic rings. The van der Waals surface area contributed by atoms with Crippen LogP contribution in [0, 0.1) is 0 Å². The number of para-hydroxylation sites is 2. The van der Waals surface area contributed by atoms with Crippen molar-refractivity contribution in [2.45, 2.75) is 13.2 Å². The monoisotopic (exact) mass is 456 g/mol. The summed E-state index contributed by atoms with van der Waals surface area (Å²) < 4.78 is 40.6. The Labute approximate surface area is 189 Å². The van der Waals surface area contributed by atoms with E-state index < -0.39 is 18.4 Å². The molecule has 1 N–H and O–H groups in total. The Morgan fingerprint density at radius 2 is 1.88 bits per heavy atom. The summed E-state index contributed by atoms with van der Waals surface area (Å²) in [5.74, 6) is -0.552. The van der Waals surface area contributed by atoms with E-state index in [4.69, 9.17) is 9.15 Å². The van der Waals surface area contributed by atoms with Crippen molar-refractivity contribution in [1.29, 1.82) is 0 Å². The van der Waals surface area contributed by atoms with E-state index in [1.165, 1.54) is 42.6 Å². The van der Waals surface area contributed by atoms with Crippen LogP contribution in [0.5, 0.6) is 11.5 Å². The first-order valence-corrected chi connectivity index (χ1v) is 9.92. The van der Waals surface area contributed by atoms with Crippen LogP contribution in [-0.4, -0.2) is 37.0 Å². The molecule has 0 fully saturated rings. The van der Waals surface area contributed by atoms with Gasteiger partial charge in [0.1, 0.15) is 12.3 Å². The molecule has 0 aliphatic rings. The highest BCUT2D eigenvalue weighted by atomic mass is 19.3. The van der Waals surface area contributed by atoms with Crippen LogP contribution in [0.4, 0.5) is 14.5 Å². The summed E-state index contributed by atoms with van der Waals surface area (Å²) in [6.07, 6.45) is 3.96. The van der Waals surface area contributed by atoms with E-state index in [0.717, 1.165) is 0 Å². The van der Waals surface area contributed by atoms with Crippen LogP contribution in [0.2, 0.25) is 0 Å². The summed E-state index contributed by atoms with van der Waals surface area (Å²) in [6.45, 7) is -3.28. The van der Waals surface area contributed by atoms with Gasteiger partial charge in [0, 0.05) is 17.3 Å². The molecule has 0 aliphatic carbocycles. The summed E-state index contributed by atoms with van der Waals surface area (Å²) in [6, 6.07) is 16.7. The first-order valence-electron chi connectivity index (χ1n) is 9.92. The maximum Gasteiger partial charge on any atom is 0.387 e. The van der Waals surface area contributed by atoms with Crippen LogP contribution in [0.1, 0.15) is 11.3 Å². The van der Waals surface area contributed by atoms with Gasteiger partial charge in [-0.1, -0.05) is 30.3 Å². The Balaban J connectivity index is 1.78. The predicted octanol–water partition coefficient (Wildman–Crippen LogP) is 4.57. The zero-order valence-electron chi connectivity index (χ0n) is 17.7. The maximum absolute atomic E-state index is 12.9. The largest absolute Gasteiger partial charge is 0.493 e. The molecule has 0 unspecified atom stereocenters. The highest BCUT2D eigenvalue weighted by Crippen LogP contribution is 2.33. The summed E-state index contributed by atoms with van der Waals surface area (Å²) >= 11 is 0. The normalized spacial score (nSPS) is 10.9. The highest BCUT2D eigenvalue weighted by Gasteiger charge is 2.18. The van der Waals surface area contributed by atoms with Gasteiger partial charge in [-0.25, -0.2) is 0 Å². The van der Waals surface area contributed by atoms with Gasteiger partial charge in [-0.2, -0.15) is 8.78 Å². The number of benzene rings is 2. The molecule has 172 valence electrons. The van der Waals surface area contributed by atoms with Crippen molar-refractivity contribution in [3.8, 4) is 11.5 Å². The first kappa shape index (κ1) is 23.5. The van der Waals surface area contributed by atoms with Gasteiger partial charge in [0.25, 0.3) is 0 Å². The van der Waals surface area contributed by atoms with Crippen LogP contribution < -0.4 is 14.8 Å². The number of hydrogen-bond acceptors (Lipinski definition) is 5. The molecule has 0 atom stereocenters. The number of alkyl halides is 2. The third-order valence-electron chi connectivity index (χ3n) is 4.47. The number of furan rings is 1. The van der Waals surface area contributed by atoms with Gasteiger partial charge < -0.3 is 24.1 Å². The molecule has 2 aromatic carbocycles. The Kier molecular flexibility index (Phi) is 8.18. The second kappa shape index (κ2) is 11.5. The second-order valence-electron chi connectivity index (χ2n) is 6.78. The number of nitrogens with one attached hydrogen (secondary N) is 1. The lowest BCUT2D eigenvalue weighted by atomic mass is 10.1. The SMILES string of the molecule is COc1cccc(/C=C/C(=O)N(CC(=O)Nc2ccccc2)Cc2ccco2)c1OC(F)F. The standard InChI is InChI=1S/C24H22F2N2O5/c1-31-20-11-5-7-17(23(20)33-24(25)26)12-13-22(30)28(15-19-10-6-14-32-19)16-21(29)27-18-8-3-2-4-9-18/h2-14,24H,15-16H2,1H3,(H,27,29)/b13-12+. The van der Waals surface area contributed by atoms with E-state index >= 15 is 0 Å². The Morgan fingerprint density at radius 3 is 2.55 bits per heavy atom. The molecule has 0 saturated carbocycles. The van der Waals surface area contributed by atoms with Crippen molar-refractivity contribution in [3.63, 3.8) is 0 Å². The van der Waals surface area contributed by atoms with Gasteiger partial charge in [-0.05, 0) is 36.4 Å². The minimum atomic E-state index is -3.07. The van der Waals surface area contributed by atoms with Gasteiger partial charge in [0.15, 0.2) is 11.5 Å². The van der Waals surface area contributed by atoms with Crippen molar-refractivity contribution in [2.24, 2.45) is 0 Å². The Hall–Kier alpha value is -4.14. The number of nitrogens with zero attached hydrogens (tertiary/aromatic N) is 1. The van der Waals surface area contributed by atoms with E-state index in [9.17, 15) is 18.4 Å². The topological polar surface area (TPSA) is 81.0 Å². The van der Waals surface area contributed by atoms with Crippen LogP contribution in [-0.2, 0) is 16.1 Å². The number of carbonyl (C=O) groups excluding carboxylic acids is 2. The maximum atomic E-state index is 12.9. The summed E-state index contributed by atoms with van der Waals surface area (Å²) in [4.78, 5) is 26.7. The number of methoxy groups -OCH3 is 1. The molecule has 0 spiro atoms. The van der Waals surface area contributed by atoms with E-state index in [1.54, 1.807) is 42.5 Å². The second-order valence-corrected chi connectivity index (χ2v) is 6.78. The molecule has 7 nitrogen and oxygen atoms in total. The number of halogens is 2. The molecule has 3 rings (SSSR count). The zero-order chi connectivity index (χ0) is 23.6. The third-order valence-corrected chi connectivity index (χ3v) is 4.47. The molecule has 9 heteroatoms. The molecule has 1 heterocycles. The van der Waals surface area contributed by atoms with Gasteiger partial charge in [0.05, 0.1) is 19.9 Å². The van der Waals surface area contributed by atoms with Crippen molar-refractivity contribution in [2.75, 3.05) is 19.0 Å². The molecule has 0 aliphatic heterocycles. The molecule has 0 radical (unpaired) electrons. The number of amides is 2. The number of rotatable bonds is 10. The molecule has 0 saturated heterocycles. The molecular weight excluding hydrogens is 434 g/mol. The van der Waals surface area contributed by atoms with Crippen LogP contribution in [0.15, 0.2) is 77.4 Å². The first-order chi connectivity index (χ1) is 16.0. The number of anilines is 1. The molecule has 33 heavy (non-hydrogen) atoms. The fraction of sp³-hybridized carbons (Fsp3) is 0.167. The number of hydrogen-bond donors (Lipinski definition) is 1. The predicted molar refractivity (Wildman–Crippen MR) is 118 cm³/mol. The minimum Gasteiger partial charge on any atom is -0.493 e. The lowest BCUT2D eigenvalue weighted by Crippen LogP contribution is -2.36. The van der Waals surface area contributed by atoms with Crippen LogP contribution >= 0.6 is 0 Å². The van der Waals surface area contributed by atoms with Crippen molar-refractivity contribution >= 4 is 23.6 Å². The summed E-state index contributed by atoms with van der Waals surface area (Å²) in [5, 5.41) is 2.72. The fourth-order valence-corrected chi connectivity index (χ4v) is 3.00. The van der Waals surface area contributed by atoms with Gasteiger partial charge in [-0.3, -0.25) is 9.59 Å². The Bertz CT molecular complexity index is 1090. The quantitative estimate of drug-likeness (QED) is 0.452. The average molecular weight is 456 g/mol. The third kappa shape index (κ3) is 6.93. The summed E-state index contributed by atoms with van der Waals surface area (Å²) in [5.41, 5.74) is 0.809. The highest BCUT2D eigenvalue weighted by molar-refractivity contribution is 5.98. The fourth-order valence-electron chi connectivity index (χ4n) is 3.00. The zero-order valence-corrected chi connectivity index (χ0v) is 17.7. The van der Waals surface area contributed by atoms with E-state index in [2.05, 4.69) is 10.1 Å². The molecule has 1 aromatic heterocycles. The van der Waals surface area contributed by atoms with Crippen LogP contribution in [0.3, 0.4) is 0 Å².